The minimum Gasteiger partial charge on any atom is -0.449 e. The third-order valence-corrected chi connectivity index (χ3v) is 5.56. The van der Waals surface area contributed by atoms with Gasteiger partial charge < -0.3 is 14.2 Å². The van der Waals surface area contributed by atoms with Crippen molar-refractivity contribution >= 4 is 5.97 Å². The van der Waals surface area contributed by atoms with E-state index < -0.39 is 5.60 Å². The highest BCUT2D eigenvalue weighted by atomic mass is 16.7. The molecular formula is C16H21NO4. The lowest BCUT2D eigenvalue weighted by atomic mass is 9.77. The van der Waals surface area contributed by atoms with Crippen LogP contribution in [0, 0.1) is 0 Å². The van der Waals surface area contributed by atoms with E-state index in [0.29, 0.717) is 6.04 Å². The van der Waals surface area contributed by atoms with Crippen LogP contribution in [0.25, 0.3) is 0 Å². The van der Waals surface area contributed by atoms with Crippen molar-refractivity contribution in [1.82, 2.24) is 4.90 Å². The number of methoxy groups -OCH3 is 2. The highest BCUT2D eigenvalue weighted by Gasteiger charge is 2.64. The fraction of sp³-hybridized carbons (Fsp3) is 0.688. The zero-order valence-electron chi connectivity index (χ0n) is 12.7. The van der Waals surface area contributed by atoms with Gasteiger partial charge in [0.2, 0.25) is 0 Å². The Morgan fingerprint density at radius 1 is 1.38 bits per heavy atom. The standard InChI is InChI=1S/C16H21NO4/c1-9-6-10-8-16(11(9)7-14(18)21-16)13-5-4-12(17(10)13)15(19-2)20-3/h6-7,10,12-13,15H,4-5,8H2,1-3H3/t10-,12?,13?,16+/m1/s1. The molecule has 0 aromatic carbocycles. The second kappa shape index (κ2) is 4.41. The maximum Gasteiger partial charge on any atom is 0.332 e. The largest absolute Gasteiger partial charge is 0.449 e. The number of carbonyl (C=O) groups is 1. The van der Waals surface area contributed by atoms with Crippen LogP contribution < -0.4 is 0 Å². The van der Waals surface area contributed by atoms with E-state index in [4.69, 9.17) is 14.2 Å². The molecule has 2 saturated heterocycles. The van der Waals surface area contributed by atoms with Crippen molar-refractivity contribution in [2.45, 2.75) is 56.2 Å². The SMILES string of the molecule is COC(OC)C1CCC2N1[C@@H]1C=C(C)C3=CC(=O)O[C@@]32C1. The van der Waals surface area contributed by atoms with Gasteiger partial charge in [0.05, 0.1) is 12.1 Å². The molecule has 0 radical (unpaired) electrons. The van der Waals surface area contributed by atoms with Crippen LogP contribution >= 0.6 is 0 Å². The summed E-state index contributed by atoms with van der Waals surface area (Å²) in [6.07, 6.45) is 6.60. The molecule has 5 heteroatoms. The van der Waals surface area contributed by atoms with E-state index in [2.05, 4.69) is 17.9 Å². The van der Waals surface area contributed by atoms with Crippen LogP contribution in [0.5, 0.6) is 0 Å². The van der Waals surface area contributed by atoms with E-state index in [-0.39, 0.29) is 24.3 Å². The van der Waals surface area contributed by atoms with Crippen molar-refractivity contribution < 1.29 is 19.0 Å². The second-order valence-electron chi connectivity index (χ2n) is 6.44. The highest BCUT2D eigenvalue weighted by Crippen LogP contribution is 2.55. The van der Waals surface area contributed by atoms with Crippen LogP contribution in [0.4, 0.5) is 0 Å². The first-order valence-corrected chi connectivity index (χ1v) is 7.57. The fourth-order valence-electron chi connectivity index (χ4n) is 4.92. The first kappa shape index (κ1) is 13.5. The van der Waals surface area contributed by atoms with Gasteiger partial charge in [-0.2, -0.15) is 0 Å². The summed E-state index contributed by atoms with van der Waals surface area (Å²) in [6.45, 7) is 2.08. The molecule has 2 bridgehead atoms. The number of esters is 1. The Morgan fingerprint density at radius 3 is 2.86 bits per heavy atom. The average Bonchev–Trinajstić information content (AvgIpc) is 3.08. The van der Waals surface area contributed by atoms with Crippen LogP contribution in [0.1, 0.15) is 26.2 Å². The minimum atomic E-state index is -0.429. The smallest absolute Gasteiger partial charge is 0.332 e. The van der Waals surface area contributed by atoms with Gasteiger partial charge in [0.1, 0.15) is 0 Å². The summed E-state index contributed by atoms with van der Waals surface area (Å²) in [6, 6.07) is 0.766. The molecule has 3 aliphatic heterocycles. The van der Waals surface area contributed by atoms with E-state index in [1.54, 1.807) is 20.3 Å². The molecule has 4 rings (SSSR count). The first-order chi connectivity index (χ1) is 10.1. The predicted octanol–water partition coefficient (Wildman–Crippen LogP) is 1.39. The molecule has 4 atom stereocenters. The second-order valence-corrected chi connectivity index (χ2v) is 6.44. The lowest BCUT2D eigenvalue weighted by molar-refractivity contribution is -0.151. The third kappa shape index (κ3) is 1.59. The van der Waals surface area contributed by atoms with Crippen LogP contribution in [-0.2, 0) is 19.0 Å². The number of rotatable bonds is 3. The van der Waals surface area contributed by atoms with Gasteiger partial charge in [-0.1, -0.05) is 6.08 Å². The van der Waals surface area contributed by atoms with Crippen LogP contribution in [0.15, 0.2) is 23.3 Å². The van der Waals surface area contributed by atoms with Crippen LogP contribution in [-0.4, -0.2) is 55.1 Å². The topological polar surface area (TPSA) is 48.0 Å². The molecule has 1 aliphatic carbocycles. The highest BCUT2D eigenvalue weighted by molar-refractivity contribution is 5.89. The van der Waals surface area contributed by atoms with E-state index in [9.17, 15) is 4.79 Å². The molecule has 0 saturated carbocycles. The Morgan fingerprint density at radius 2 is 2.14 bits per heavy atom. The quantitative estimate of drug-likeness (QED) is 0.581. The van der Waals surface area contributed by atoms with Gasteiger partial charge in [-0.3, -0.25) is 4.90 Å². The number of hydrogen-bond acceptors (Lipinski definition) is 5. The van der Waals surface area contributed by atoms with E-state index >= 15 is 0 Å². The lowest BCUT2D eigenvalue weighted by Gasteiger charge is -2.34. The predicted molar refractivity (Wildman–Crippen MR) is 75.5 cm³/mol. The van der Waals surface area contributed by atoms with Gasteiger partial charge in [-0.05, 0) is 25.3 Å². The Labute approximate surface area is 124 Å². The Hall–Kier alpha value is -1.17. The molecule has 21 heavy (non-hydrogen) atoms. The Balaban J connectivity index is 1.75. The zero-order chi connectivity index (χ0) is 14.8. The molecule has 4 aliphatic rings. The van der Waals surface area contributed by atoms with Crippen molar-refractivity contribution in [2.24, 2.45) is 0 Å². The molecule has 0 amide bonds. The summed E-state index contributed by atoms with van der Waals surface area (Å²) in [4.78, 5) is 14.3. The third-order valence-electron chi connectivity index (χ3n) is 5.56. The van der Waals surface area contributed by atoms with Crippen LogP contribution in [0.2, 0.25) is 0 Å². The van der Waals surface area contributed by atoms with Crippen molar-refractivity contribution in [3.63, 3.8) is 0 Å². The lowest BCUT2D eigenvalue weighted by Crippen LogP contribution is -2.48. The summed E-state index contributed by atoms with van der Waals surface area (Å²) < 4.78 is 16.8. The maximum absolute atomic E-state index is 11.9. The van der Waals surface area contributed by atoms with Crippen molar-refractivity contribution in [3.05, 3.63) is 23.3 Å². The van der Waals surface area contributed by atoms with E-state index in [0.717, 1.165) is 24.8 Å². The molecule has 114 valence electrons. The summed E-state index contributed by atoms with van der Waals surface area (Å²) in [5.74, 6) is -0.196. The molecule has 0 aromatic rings. The van der Waals surface area contributed by atoms with Crippen molar-refractivity contribution in [2.75, 3.05) is 14.2 Å². The summed E-state index contributed by atoms with van der Waals surface area (Å²) >= 11 is 0. The maximum atomic E-state index is 11.9. The van der Waals surface area contributed by atoms with Gasteiger partial charge in [-0.25, -0.2) is 4.79 Å². The first-order valence-electron chi connectivity index (χ1n) is 7.57. The molecule has 2 unspecified atom stereocenters. The summed E-state index contributed by atoms with van der Waals surface area (Å²) in [5, 5.41) is 0. The molecule has 0 aromatic heterocycles. The van der Waals surface area contributed by atoms with Gasteiger partial charge in [0.25, 0.3) is 0 Å². The summed E-state index contributed by atoms with van der Waals surface area (Å²) in [7, 11) is 3.37. The van der Waals surface area contributed by atoms with E-state index in [1.165, 1.54) is 5.57 Å². The van der Waals surface area contributed by atoms with Crippen molar-refractivity contribution in [1.29, 1.82) is 0 Å². The van der Waals surface area contributed by atoms with Gasteiger partial charge >= 0.3 is 5.97 Å². The van der Waals surface area contributed by atoms with Gasteiger partial charge in [0, 0.05) is 38.3 Å². The Kier molecular flexibility index (Phi) is 2.83. The number of fused-ring (bicyclic) bond motifs is 3. The zero-order valence-corrected chi connectivity index (χ0v) is 12.7. The summed E-state index contributed by atoms with van der Waals surface area (Å²) in [5.41, 5.74) is 1.83. The van der Waals surface area contributed by atoms with Crippen molar-refractivity contribution in [3.8, 4) is 0 Å². The molecular weight excluding hydrogens is 270 g/mol. The molecule has 0 N–H and O–H groups in total. The molecule has 1 spiro atoms. The average molecular weight is 291 g/mol. The fourth-order valence-corrected chi connectivity index (χ4v) is 4.92. The molecule has 2 fully saturated rings. The molecule has 5 nitrogen and oxygen atoms in total. The molecule has 3 heterocycles. The number of ether oxygens (including phenoxy) is 3. The van der Waals surface area contributed by atoms with E-state index in [1.807, 2.05) is 0 Å². The number of nitrogens with zero attached hydrogens (tertiary/aromatic N) is 1. The van der Waals surface area contributed by atoms with Gasteiger partial charge in [-0.15, -0.1) is 0 Å². The normalized spacial score (nSPS) is 41.0. The monoisotopic (exact) mass is 291 g/mol. The Bertz CT molecular complexity index is 550. The number of hydrogen-bond donors (Lipinski definition) is 0. The van der Waals surface area contributed by atoms with Gasteiger partial charge in [0.15, 0.2) is 11.9 Å². The number of carbonyl (C=O) groups excluding carboxylic acids is 1. The minimum absolute atomic E-state index is 0.196. The van der Waals surface area contributed by atoms with Crippen LogP contribution in [0.3, 0.4) is 0 Å².